The van der Waals surface area contributed by atoms with E-state index in [1.165, 1.54) is 54.7 Å². The summed E-state index contributed by atoms with van der Waals surface area (Å²) in [6, 6.07) is 33.3. The molecule has 1 aromatic heterocycles. The topological polar surface area (TPSA) is 476 Å². The SMILES string of the molecule is N=Nc1cc(C(=O)NCC(=O)NCc2ccc(C(=O)NNC(=O)[C@H](N)CCc3ccccc3)cc2)ccn1.O=C([O-])CNC(CO)(CO)CCO.O=S(=O)([O-])c1ccc(P(c2ccc(S(=O)(=O)[O-])cc2)c2ccc(S(=O)(=O)[O-])cc2)cc1.[Tc+4]. The normalized spacial score (nSPS) is 11.7. The van der Waals surface area contributed by atoms with E-state index in [-0.39, 0.29) is 57.6 Å². The first-order valence-electron chi connectivity index (χ1n) is 23.8. The Morgan fingerprint density at radius 3 is 1.57 bits per heavy atom. The van der Waals surface area contributed by atoms with Crippen molar-refractivity contribution in [1.29, 1.82) is 5.53 Å². The molecule has 4 amide bonds. The third-order valence-corrected chi connectivity index (χ3v) is 16.4. The molecule has 1 atom stereocenters. The van der Waals surface area contributed by atoms with Crippen LogP contribution in [0.15, 0.2) is 166 Å². The monoisotopic (exact) mass is 1300 g/mol. The van der Waals surface area contributed by atoms with Crippen molar-refractivity contribution in [3.63, 3.8) is 0 Å². The van der Waals surface area contributed by atoms with Gasteiger partial charge in [-0.1, -0.05) is 78.9 Å². The molecule has 0 spiro atoms. The maximum Gasteiger partial charge on any atom is 4.00 e. The summed E-state index contributed by atoms with van der Waals surface area (Å²) in [6.07, 6.45) is 2.50. The molecular formula is C51H54N9O18PS3Tc. The number of nitrogens with two attached hydrogens (primary N) is 1. The minimum Gasteiger partial charge on any atom is -0.744 e. The van der Waals surface area contributed by atoms with E-state index in [2.05, 4.69) is 36.9 Å². The van der Waals surface area contributed by atoms with Gasteiger partial charge in [0.05, 0.1) is 52.0 Å². The van der Waals surface area contributed by atoms with E-state index < -0.39 is 114 Å². The number of hydrazine groups is 1. The second-order valence-corrected chi connectivity index (χ2v) is 23.6. The summed E-state index contributed by atoms with van der Waals surface area (Å²) in [4.78, 5) is 61.3. The van der Waals surface area contributed by atoms with Crippen molar-refractivity contribution in [2.45, 2.75) is 52.1 Å². The zero-order valence-electron chi connectivity index (χ0n) is 43.3. The molecular weight excluding hydrogens is 1250 g/mol. The number of aliphatic hydroxyl groups is 3. The van der Waals surface area contributed by atoms with Crippen LogP contribution in [0.2, 0.25) is 0 Å². The second kappa shape index (κ2) is 33.2. The Balaban J connectivity index is 0.000000360. The smallest absolute Gasteiger partial charge is 0.744 e. The number of carbonyl (C=O) groups excluding carboxylic acids is 5. The largest absolute Gasteiger partial charge is 4.00 e. The van der Waals surface area contributed by atoms with Crippen LogP contribution in [0.3, 0.4) is 0 Å². The van der Waals surface area contributed by atoms with Crippen LogP contribution in [0.5, 0.6) is 0 Å². The van der Waals surface area contributed by atoms with Crippen LogP contribution in [-0.2, 0) is 77.8 Å². The van der Waals surface area contributed by atoms with Crippen LogP contribution in [0.4, 0.5) is 5.82 Å². The van der Waals surface area contributed by atoms with Crippen LogP contribution in [0, 0.1) is 5.53 Å². The maximum atomic E-state index is 12.3. The summed E-state index contributed by atoms with van der Waals surface area (Å²) >= 11 is 0. The Morgan fingerprint density at radius 2 is 1.13 bits per heavy atom. The first kappa shape index (κ1) is 70.1. The summed E-state index contributed by atoms with van der Waals surface area (Å²) in [6.45, 7) is -1.68. The molecule has 0 saturated carbocycles. The number of carboxylic acids is 1. The van der Waals surface area contributed by atoms with Gasteiger partial charge in [-0.3, -0.25) is 30.0 Å². The van der Waals surface area contributed by atoms with E-state index in [1.807, 2.05) is 30.3 Å². The molecule has 83 heavy (non-hydrogen) atoms. The van der Waals surface area contributed by atoms with Gasteiger partial charge in [0.15, 0.2) is 5.82 Å². The number of aliphatic hydroxyl groups excluding tert-OH is 3. The van der Waals surface area contributed by atoms with E-state index in [1.54, 1.807) is 24.3 Å². The van der Waals surface area contributed by atoms with Crippen molar-refractivity contribution in [1.82, 2.24) is 31.8 Å². The number of nitrogens with one attached hydrogen (secondary N) is 6. The Kier molecular flexibility index (Phi) is 28.0. The molecule has 1 radical (unpaired) electrons. The predicted molar refractivity (Wildman–Crippen MR) is 289 cm³/mol. The van der Waals surface area contributed by atoms with Crippen molar-refractivity contribution in [3.8, 4) is 0 Å². The molecule has 0 bridgehead atoms. The summed E-state index contributed by atoms with van der Waals surface area (Å²) < 4.78 is 101. The summed E-state index contributed by atoms with van der Waals surface area (Å²) in [5, 5.41) is 48.8. The average Bonchev–Trinajstić information content (AvgIpc) is 3.67. The Morgan fingerprint density at radius 1 is 0.639 bits per heavy atom. The molecule has 32 heteroatoms. The van der Waals surface area contributed by atoms with Gasteiger partial charge < -0.3 is 60.6 Å². The minimum absolute atomic E-state index is 0. The number of pyridine rings is 1. The van der Waals surface area contributed by atoms with Gasteiger partial charge in [-0.2, -0.15) is 0 Å². The first-order chi connectivity index (χ1) is 38.7. The molecule has 0 aliphatic rings. The predicted octanol–water partition coefficient (Wildman–Crippen LogP) is -1.90. The van der Waals surface area contributed by atoms with Gasteiger partial charge in [0.1, 0.15) is 30.4 Å². The van der Waals surface area contributed by atoms with Crippen LogP contribution in [-0.4, -0.2) is 133 Å². The van der Waals surface area contributed by atoms with E-state index in [9.17, 15) is 68.0 Å². The fourth-order valence-corrected chi connectivity index (χ4v) is 10.6. The van der Waals surface area contributed by atoms with E-state index in [4.69, 9.17) is 26.6 Å². The third-order valence-electron chi connectivity index (χ3n) is 11.4. The zero-order valence-corrected chi connectivity index (χ0v) is 48.5. The summed E-state index contributed by atoms with van der Waals surface area (Å²) in [7, 11) is -15.5. The van der Waals surface area contributed by atoms with Crippen LogP contribution >= 0.6 is 7.92 Å². The number of hydrogen-bond donors (Lipinski definition) is 10. The zero-order chi connectivity index (χ0) is 60.7. The third kappa shape index (κ3) is 23.2. The van der Waals surface area contributed by atoms with E-state index in [0.29, 0.717) is 34.3 Å². The molecule has 0 fully saturated rings. The molecule has 0 unspecified atom stereocenters. The van der Waals surface area contributed by atoms with E-state index in [0.717, 1.165) is 47.5 Å². The average molecular weight is 1310 g/mol. The second-order valence-electron chi connectivity index (χ2n) is 17.2. The quantitative estimate of drug-likeness (QED) is 0.0137. The van der Waals surface area contributed by atoms with Crippen LogP contribution < -0.4 is 53.6 Å². The molecule has 1 heterocycles. The van der Waals surface area contributed by atoms with Gasteiger partial charge in [-0.25, -0.2) is 35.8 Å². The summed E-state index contributed by atoms with van der Waals surface area (Å²) in [5.74, 6) is -3.15. The molecule has 5 aromatic carbocycles. The number of aliphatic carboxylic acids is 1. The number of amides is 4. The van der Waals surface area contributed by atoms with Crippen LogP contribution in [0.1, 0.15) is 44.7 Å². The van der Waals surface area contributed by atoms with Crippen LogP contribution in [0.25, 0.3) is 0 Å². The standard InChI is InChI=1S/C26H28N8O4.C18H15O9PS3.C7H15NO5.Tc/c27-21(11-8-17-4-2-1-3-5-17)26(38)34-33-25(37)19-9-6-18(7-10-19)15-30-23(35)16-31-24(36)20-12-13-29-22(14-20)32-28;19-29(20,21)16-7-1-13(2-8-16)28(14-3-9-17(10-4-14)30(22,23)24)15-5-11-18(12-6-15)31(25,26)27;9-2-1-7(4-10,5-11)8-3-6(12)13;/h1-7,9-10,12-14,21,28H,8,11,15-16,27H2,(H,30,35)(H,31,36)(H,33,37)(H,34,38);1-12H,(H,19,20,21)(H,22,23,24)(H,25,26,27);8-11H,1-5H2,(H,12,13);/q;;;+4/p-4/t21-;;;/m1.../s1. The number of aryl methyl sites for hydroxylation is 1. The van der Waals surface area contributed by atoms with Gasteiger partial charge in [-0.05, 0) is 115 Å². The number of carbonyl (C=O) groups is 5. The summed E-state index contributed by atoms with van der Waals surface area (Å²) in [5.41, 5.74) is 18.7. The van der Waals surface area contributed by atoms with Crippen molar-refractivity contribution in [2.24, 2.45) is 10.8 Å². The number of aromatic nitrogens is 1. The van der Waals surface area contributed by atoms with Crippen molar-refractivity contribution >= 4 is 89.6 Å². The number of rotatable bonds is 24. The molecule has 11 N–H and O–H groups in total. The van der Waals surface area contributed by atoms with Crippen molar-refractivity contribution in [3.05, 3.63) is 168 Å². The van der Waals surface area contributed by atoms with E-state index >= 15 is 0 Å². The number of carboxylic acid groups (broad SMARTS) is 1. The Bertz CT molecular complexity index is 3300. The Labute approximate surface area is 491 Å². The molecule has 0 aliphatic carbocycles. The number of hydrogen-bond acceptors (Lipinski definition) is 23. The molecule has 6 rings (SSSR count). The fraction of sp³-hybridized carbons (Fsp3) is 0.216. The molecule has 6 aromatic rings. The van der Waals surface area contributed by atoms with Crippen molar-refractivity contribution in [2.75, 3.05) is 32.9 Å². The van der Waals surface area contributed by atoms with Gasteiger partial charge in [0.2, 0.25) is 5.91 Å². The molecule has 441 valence electrons. The number of benzene rings is 5. The van der Waals surface area contributed by atoms with Crippen molar-refractivity contribution < 1.29 is 103 Å². The van der Waals surface area contributed by atoms with Gasteiger partial charge >= 0.3 is 20.1 Å². The number of nitrogens with zero attached hydrogens (tertiary/aromatic N) is 2. The fourth-order valence-electron chi connectivity index (χ4n) is 6.92. The first-order valence-corrected chi connectivity index (χ1v) is 29.4. The molecule has 0 saturated heterocycles. The van der Waals surface area contributed by atoms with Gasteiger partial charge in [-0.15, -0.1) is 5.11 Å². The minimum atomic E-state index is -4.66. The Hall–Kier alpha value is -7.19. The maximum absolute atomic E-state index is 12.3. The van der Waals surface area contributed by atoms with Gasteiger partial charge in [0.25, 0.3) is 17.7 Å². The molecule has 0 aliphatic heterocycles. The van der Waals surface area contributed by atoms with Gasteiger partial charge in [0, 0.05) is 37.0 Å². The molecule has 27 nitrogen and oxygen atoms in total.